The summed E-state index contributed by atoms with van der Waals surface area (Å²) in [5.41, 5.74) is -0.950. The van der Waals surface area contributed by atoms with Crippen molar-refractivity contribution in [3.05, 3.63) is 29.3 Å². The largest absolute Gasteiger partial charge is 0.490 e. The van der Waals surface area contributed by atoms with Gasteiger partial charge in [0.05, 0.1) is 17.2 Å². The zero-order valence-electron chi connectivity index (χ0n) is 8.84. The van der Waals surface area contributed by atoms with E-state index in [2.05, 4.69) is 0 Å². The lowest BCUT2D eigenvalue weighted by Crippen LogP contribution is -2.10. The molecule has 1 rings (SSSR count). The predicted octanol–water partition coefficient (Wildman–Crippen LogP) is 3.31. The number of alkyl halides is 3. The first kappa shape index (κ1) is 12.5. The van der Waals surface area contributed by atoms with Crippen molar-refractivity contribution in [3.63, 3.8) is 0 Å². The summed E-state index contributed by atoms with van der Waals surface area (Å²) in [6, 6.07) is 2.84. The SMILES string of the molecule is CC(C)Oc1ccc(C(F)(F)F)cc1C=O. The molecule has 0 aliphatic rings. The van der Waals surface area contributed by atoms with Crippen LogP contribution in [0.25, 0.3) is 0 Å². The minimum absolute atomic E-state index is 0.0940. The normalized spacial score (nSPS) is 11.6. The average molecular weight is 232 g/mol. The van der Waals surface area contributed by atoms with E-state index in [9.17, 15) is 18.0 Å². The summed E-state index contributed by atoms with van der Waals surface area (Å²) in [5.74, 6) is 0.165. The molecule has 0 heterocycles. The van der Waals surface area contributed by atoms with Gasteiger partial charge in [0.25, 0.3) is 0 Å². The second-order valence-corrected chi connectivity index (χ2v) is 3.53. The second kappa shape index (κ2) is 4.55. The van der Waals surface area contributed by atoms with E-state index >= 15 is 0 Å². The van der Waals surface area contributed by atoms with Gasteiger partial charge in [-0.3, -0.25) is 4.79 Å². The Morgan fingerprint density at radius 1 is 1.31 bits per heavy atom. The molecule has 0 amide bonds. The van der Waals surface area contributed by atoms with Gasteiger partial charge in [0, 0.05) is 0 Å². The quantitative estimate of drug-likeness (QED) is 0.747. The number of benzene rings is 1. The first-order valence-electron chi connectivity index (χ1n) is 4.67. The van der Waals surface area contributed by atoms with Crippen LogP contribution in [-0.2, 0) is 6.18 Å². The number of ether oxygens (including phenoxy) is 1. The molecule has 0 spiro atoms. The topological polar surface area (TPSA) is 26.3 Å². The van der Waals surface area contributed by atoms with Crippen molar-refractivity contribution in [1.82, 2.24) is 0 Å². The van der Waals surface area contributed by atoms with Crippen LogP contribution in [0.15, 0.2) is 18.2 Å². The minimum Gasteiger partial charge on any atom is -0.490 e. The Morgan fingerprint density at radius 3 is 2.38 bits per heavy atom. The van der Waals surface area contributed by atoms with Crippen LogP contribution in [-0.4, -0.2) is 12.4 Å². The molecule has 0 fully saturated rings. The number of halogens is 3. The van der Waals surface area contributed by atoms with Gasteiger partial charge < -0.3 is 4.74 Å². The molecule has 1 aromatic carbocycles. The van der Waals surface area contributed by atoms with Gasteiger partial charge >= 0.3 is 6.18 Å². The number of hydrogen-bond donors (Lipinski definition) is 0. The molecule has 0 bridgehead atoms. The summed E-state index contributed by atoms with van der Waals surface area (Å²) in [4.78, 5) is 10.6. The zero-order chi connectivity index (χ0) is 12.3. The van der Waals surface area contributed by atoms with Crippen LogP contribution in [0.2, 0.25) is 0 Å². The van der Waals surface area contributed by atoms with Crippen LogP contribution in [0.1, 0.15) is 29.8 Å². The summed E-state index contributed by atoms with van der Waals surface area (Å²) in [6.07, 6.45) is -4.29. The first-order valence-corrected chi connectivity index (χ1v) is 4.67. The second-order valence-electron chi connectivity index (χ2n) is 3.53. The molecule has 0 unspecified atom stereocenters. The highest BCUT2D eigenvalue weighted by molar-refractivity contribution is 5.79. The average Bonchev–Trinajstić information content (AvgIpc) is 2.15. The lowest BCUT2D eigenvalue weighted by atomic mass is 10.1. The van der Waals surface area contributed by atoms with Crippen molar-refractivity contribution in [3.8, 4) is 5.75 Å². The van der Waals surface area contributed by atoms with Crippen molar-refractivity contribution in [2.45, 2.75) is 26.1 Å². The van der Waals surface area contributed by atoms with Crippen LogP contribution in [0.3, 0.4) is 0 Å². The molecule has 1 aromatic rings. The molecule has 0 saturated carbocycles. The van der Waals surface area contributed by atoms with Crippen LogP contribution >= 0.6 is 0 Å². The highest BCUT2D eigenvalue weighted by Gasteiger charge is 2.31. The third-order valence-corrected chi connectivity index (χ3v) is 1.83. The molecule has 5 heteroatoms. The van der Waals surface area contributed by atoms with Gasteiger partial charge in [0.2, 0.25) is 0 Å². The molecule has 0 saturated heterocycles. The maximum atomic E-state index is 12.3. The molecule has 0 radical (unpaired) electrons. The summed E-state index contributed by atoms with van der Waals surface area (Å²) >= 11 is 0. The lowest BCUT2D eigenvalue weighted by molar-refractivity contribution is -0.137. The fraction of sp³-hybridized carbons (Fsp3) is 0.364. The molecule has 0 atom stereocenters. The Morgan fingerprint density at radius 2 is 1.94 bits per heavy atom. The third-order valence-electron chi connectivity index (χ3n) is 1.83. The fourth-order valence-electron chi connectivity index (χ4n) is 1.18. The lowest BCUT2D eigenvalue weighted by Gasteiger charge is -2.13. The highest BCUT2D eigenvalue weighted by atomic mass is 19.4. The summed E-state index contributed by atoms with van der Waals surface area (Å²) in [7, 11) is 0. The molecule has 16 heavy (non-hydrogen) atoms. The number of carbonyl (C=O) groups excluding carboxylic acids is 1. The van der Waals surface area contributed by atoms with Gasteiger partial charge in [0.15, 0.2) is 6.29 Å². The molecule has 88 valence electrons. The molecule has 0 aliphatic carbocycles. The maximum Gasteiger partial charge on any atom is 0.416 e. The predicted molar refractivity (Wildman–Crippen MR) is 52.6 cm³/mol. The Labute approximate surface area is 91.0 Å². The minimum atomic E-state index is -4.45. The Balaban J connectivity index is 3.12. The van der Waals surface area contributed by atoms with Crippen LogP contribution in [0.4, 0.5) is 13.2 Å². The molecule has 0 aliphatic heterocycles. The van der Waals surface area contributed by atoms with Crippen molar-refractivity contribution >= 4 is 6.29 Å². The van der Waals surface area contributed by atoms with Crippen LogP contribution < -0.4 is 4.74 Å². The van der Waals surface area contributed by atoms with Crippen molar-refractivity contribution in [2.24, 2.45) is 0 Å². The van der Waals surface area contributed by atoms with Gasteiger partial charge in [0.1, 0.15) is 5.75 Å². The van der Waals surface area contributed by atoms with E-state index in [-0.39, 0.29) is 17.4 Å². The van der Waals surface area contributed by atoms with Crippen molar-refractivity contribution in [1.29, 1.82) is 0 Å². The molecular weight excluding hydrogens is 221 g/mol. The highest BCUT2D eigenvalue weighted by Crippen LogP contribution is 2.32. The van der Waals surface area contributed by atoms with E-state index < -0.39 is 11.7 Å². The van der Waals surface area contributed by atoms with E-state index in [1.54, 1.807) is 13.8 Å². The van der Waals surface area contributed by atoms with Gasteiger partial charge in [-0.05, 0) is 32.0 Å². The monoisotopic (exact) mass is 232 g/mol. The maximum absolute atomic E-state index is 12.3. The van der Waals surface area contributed by atoms with Crippen LogP contribution in [0, 0.1) is 0 Å². The summed E-state index contributed by atoms with van der Waals surface area (Å²) < 4.78 is 42.2. The third kappa shape index (κ3) is 2.98. The van der Waals surface area contributed by atoms with Crippen molar-refractivity contribution in [2.75, 3.05) is 0 Å². The summed E-state index contributed by atoms with van der Waals surface area (Å²) in [6.45, 7) is 3.46. The Hall–Kier alpha value is -1.52. The Kier molecular flexibility index (Phi) is 3.57. The number of hydrogen-bond acceptors (Lipinski definition) is 2. The molecule has 0 N–H and O–H groups in total. The smallest absolute Gasteiger partial charge is 0.416 e. The van der Waals surface area contributed by atoms with Crippen LogP contribution in [0.5, 0.6) is 5.75 Å². The van der Waals surface area contributed by atoms with Crippen molar-refractivity contribution < 1.29 is 22.7 Å². The molecule has 0 aromatic heterocycles. The standard InChI is InChI=1S/C11H11F3O2/c1-7(2)16-10-4-3-9(11(12,13)14)5-8(10)6-15/h3-7H,1-2H3. The van der Waals surface area contributed by atoms with E-state index in [1.807, 2.05) is 0 Å². The Bertz CT molecular complexity index is 383. The first-order chi connectivity index (χ1) is 7.34. The number of rotatable bonds is 3. The van der Waals surface area contributed by atoms with E-state index in [0.29, 0.717) is 6.29 Å². The van der Waals surface area contributed by atoms with Gasteiger partial charge in [-0.1, -0.05) is 0 Å². The van der Waals surface area contributed by atoms with E-state index in [1.165, 1.54) is 0 Å². The number of carbonyl (C=O) groups is 1. The van der Waals surface area contributed by atoms with E-state index in [4.69, 9.17) is 4.74 Å². The van der Waals surface area contributed by atoms with Gasteiger partial charge in [-0.2, -0.15) is 13.2 Å². The number of aldehydes is 1. The zero-order valence-corrected chi connectivity index (χ0v) is 8.84. The van der Waals surface area contributed by atoms with Gasteiger partial charge in [-0.15, -0.1) is 0 Å². The van der Waals surface area contributed by atoms with E-state index in [0.717, 1.165) is 18.2 Å². The molecule has 2 nitrogen and oxygen atoms in total. The fourth-order valence-corrected chi connectivity index (χ4v) is 1.18. The van der Waals surface area contributed by atoms with Gasteiger partial charge in [-0.25, -0.2) is 0 Å². The molecular formula is C11H11F3O2. The summed E-state index contributed by atoms with van der Waals surface area (Å²) in [5, 5.41) is 0.